The van der Waals surface area contributed by atoms with Gasteiger partial charge in [0.05, 0.1) is 25.1 Å². The van der Waals surface area contributed by atoms with Gasteiger partial charge in [-0.25, -0.2) is 8.42 Å². The maximum atomic E-state index is 11.5. The van der Waals surface area contributed by atoms with Crippen molar-refractivity contribution in [1.82, 2.24) is 0 Å². The Balaban J connectivity index is 4.72. The van der Waals surface area contributed by atoms with E-state index in [-0.39, 0.29) is 17.3 Å². The number of hydrogen-bond donors (Lipinski definition) is 0. The summed E-state index contributed by atoms with van der Waals surface area (Å²) in [5.74, 6) is -0.0232. The van der Waals surface area contributed by atoms with Gasteiger partial charge in [-0.1, -0.05) is 26.7 Å². The first-order valence-corrected chi connectivity index (χ1v) is 9.88. The van der Waals surface area contributed by atoms with Gasteiger partial charge in [-0.3, -0.25) is 0 Å². The second-order valence-corrected chi connectivity index (χ2v) is 8.24. The first-order chi connectivity index (χ1) is 9.28. The molecule has 0 aliphatic rings. The van der Waals surface area contributed by atoms with E-state index >= 15 is 0 Å². The maximum Gasteiger partial charge on any atom is 0.233 e. The molecule has 0 aromatic carbocycles. The van der Waals surface area contributed by atoms with Crippen molar-refractivity contribution in [1.29, 1.82) is 0 Å². The molecule has 0 aliphatic heterocycles. The van der Waals surface area contributed by atoms with E-state index in [0.717, 1.165) is 25.7 Å². The van der Waals surface area contributed by atoms with Crippen molar-refractivity contribution in [3.63, 3.8) is 0 Å². The molecule has 0 bridgehead atoms. The van der Waals surface area contributed by atoms with Gasteiger partial charge < -0.3 is 9.47 Å². The molecule has 20 heavy (non-hydrogen) atoms. The van der Waals surface area contributed by atoms with Gasteiger partial charge in [0.1, 0.15) is 0 Å². The van der Waals surface area contributed by atoms with Gasteiger partial charge in [0.15, 0.2) is 0 Å². The largest absolute Gasteiger partial charge is 0.379 e. The Hall–Kier alpha value is 0.160. The normalized spacial score (nSPS) is 14.4. The molecule has 1 atom stereocenters. The van der Waals surface area contributed by atoms with E-state index in [0.29, 0.717) is 19.8 Å². The van der Waals surface area contributed by atoms with Crippen LogP contribution in [0.2, 0.25) is 0 Å². The second-order valence-electron chi connectivity index (χ2n) is 5.46. The van der Waals surface area contributed by atoms with Gasteiger partial charge in [0.25, 0.3) is 0 Å². The minimum atomic E-state index is -3.53. The molecule has 0 saturated heterocycles. The first-order valence-electron chi connectivity index (χ1n) is 7.40. The summed E-state index contributed by atoms with van der Waals surface area (Å²) in [5.41, 5.74) is -0.384. The Morgan fingerprint density at radius 3 is 2.10 bits per heavy atom. The van der Waals surface area contributed by atoms with Crippen LogP contribution in [-0.4, -0.2) is 40.1 Å². The Morgan fingerprint density at radius 2 is 1.70 bits per heavy atom. The van der Waals surface area contributed by atoms with Crippen LogP contribution in [-0.2, 0) is 18.5 Å². The van der Waals surface area contributed by atoms with E-state index in [1.807, 2.05) is 13.8 Å². The summed E-state index contributed by atoms with van der Waals surface area (Å²) in [5, 5.41) is 0. The van der Waals surface area contributed by atoms with Crippen LogP contribution >= 0.6 is 10.7 Å². The van der Waals surface area contributed by atoms with Crippen LogP contribution in [0.4, 0.5) is 0 Å². The van der Waals surface area contributed by atoms with Gasteiger partial charge in [-0.05, 0) is 26.7 Å². The Labute approximate surface area is 128 Å². The zero-order valence-electron chi connectivity index (χ0n) is 13.2. The topological polar surface area (TPSA) is 52.6 Å². The molecule has 0 N–H and O–H groups in total. The number of hydrogen-bond acceptors (Lipinski definition) is 4. The fourth-order valence-electron chi connectivity index (χ4n) is 2.53. The monoisotopic (exact) mass is 328 g/mol. The lowest BCUT2D eigenvalue weighted by molar-refractivity contribution is -0.0405. The average Bonchev–Trinajstić information content (AvgIpc) is 2.32. The van der Waals surface area contributed by atoms with Gasteiger partial charge in [-0.2, -0.15) is 0 Å². The Kier molecular flexibility index (Phi) is 10.1. The lowest BCUT2D eigenvalue weighted by Gasteiger charge is -2.33. The molecule has 122 valence electrons. The minimum absolute atomic E-state index is 0.0232. The molecule has 1 unspecified atom stereocenters. The third-order valence-corrected chi connectivity index (χ3v) is 4.55. The predicted octanol–water partition coefficient (Wildman–Crippen LogP) is 3.58. The highest BCUT2D eigenvalue weighted by Crippen LogP contribution is 2.33. The molecule has 0 aromatic rings. The highest BCUT2D eigenvalue weighted by molar-refractivity contribution is 8.13. The fraction of sp³-hybridized carbons (Fsp3) is 1.00. The van der Waals surface area contributed by atoms with E-state index in [4.69, 9.17) is 20.2 Å². The van der Waals surface area contributed by atoms with Crippen LogP contribution in [0.25, 0.3) is 0 Å². The maximum absolute atomic E-state index is 11.5. The van der Waals surface area contributed by atoms with Crippen molar-refractivity contribution >= 4 is 19.7 Å². The summed E-state index contributed by atoms with van der Waals surface area (Å²) in [6.07, 6.45) is 3.38. The molecule has 0 radical (unpaired) electrons. The van der Waals surface area contributed by atoms with E-state index in [1.54, 1.807) is 0 Å². The van der Waals surface area contributed by atoms with Crippen LogP contribution in [0, 0.1) is 5.41 Å². The molecule has 0 amide bonds. The van der Waals surface area contributed by atoms with Crippen molar-refractivity contribution in [2.24, 2.45) is 5.41 Å². The van der Waals surface area contributed by atoms with Crippen LogP contribution in [0.3, 0.4) is 0 Å². The highest BCUT2D eigenvalue weighted by Gasteiger charge is 2.34. The molecule has 0 spiro atoms. The summed E-state index contributed by atoms with van der Waals surface area (Å²) < 4.78 is 34.1. The van der Waals surface area contributed by atoms with Crippen molar-refractivity contribution in [2.75, 3.05) is 25.6 Å². The third kappa shape index (κ3) is 9.16. The summed E-state index contributed by atoms with van der Waals surface area (Å²) in [6, 6.07) is 0. The van der Waals surface area contributed by atoms with E-state index in [1.165, 1.54) is 0 Å². The standard InChI is InChI=1S/C14H29ClO4S/c1-5-8-14(9-6-2,12-20(15,16)17)11-19-13(4)10-18-7-3/h13H,5-12H2,1-4H3. The smallest absolute Gasteiger partial charge is 0.233 e. The second kappa shape index (κ2) is 9.98. The van der Waals surface area contributed by atoms with Gasteiger partial charge in [0.2, 0.25) is 9.05 Å². The first kappa shape index (κ1) is 20.2. The average molecular weight is 329 g/mol. The molecule has 0 heterocycles. The van der Waals surface area contributed by atoms with E-state index in [2.05, 4.69) is 13.8 Å². The lowest BCUT2D eigenvalue weighted by Crippen LogP contribution is -2.35. The fourth-order valence-corrected chi connectivity index (χ4v) is 4.33. The van der Waals surface area contributed by atoms with E-state index < -0.39 is 9.05 Å². The molecular formula is C14H29ClO4S. The summed E-state index contributed by atoms with van der Waals surface area (Å²) >= 11 is 0. The van der Waals surface area contributed by atoms with Gasteiger partial charge in [-0.15, -0.1) is 0 Å². The molecule has 0 saturated carbocycles. The summed E-state index contributed by atoms with van der Waals surface area (Å²) in [6.45, 7) is 9.56. The molecule has 4 nitrogen and oxygen atoms in total. The van der Waals surface area contributed by atoms with Crippen molar-refractivity contribution < 1.29 is 17.9 Å². The van der Waals surface area contributed by atoms with Crippen molar-refractivity contribution in [2.45, 2.75) is 59.5 Å². The predicted molar refractivity (Wildman–Crippen MR) is 83.8 cm³/mol. The molecule has 0 fully saturated rings. The summed E-state index contributed by atoms with van der Waals surface area (Å²) in [4.78, 5) is 0. The zero-order chi connectivity index (χ0) is 15.6. The SMILES string of the molecule is CCCC(CCC)(COC(C)COCC)CS(=O)(=O)Cl. The summed E-state index contributed by atoms with van der Waals surface area (Å²) in [7, 11) is 1.95. The van der Waals surface area contributed by atoms with Crippen LogP contribution in [0.15, 0.2) is 0 Å². The quantitative estimate of drug-likeness (QED) is 0.514. The lowest BCUT2D eigenvalue weighted by atomic mass is 9.82. The van der Waals surface area contributed by atoms with Gasteiger partial charge >= 0.3 is 0 Å². The van der Waals surface area contributed by atoms with Gasteiger partial charge in [0, 0.05) is 22.7 Å². The Bertz CT molecular complexity index is 337. The molecular weight excluding hydrogens is 300 g/mol. The van der Waals surface area contributed by atoms with E-state index in [9.17, 15) is 8.42 Å². The van der Waals surface area contributed by atoms with Crippen LogP contribution in [0.1, 0.15) is 53.4 Å². The number of rotatable bonds is 12. The number of halogens is 1. The van der Waals surface area contributed by atoms with Crippen LogP contribution in [0.5, 0.6) is 0 Å². The highest BCUT2D eigenvalue weighted by atomic mass is 35.7. The third-order valence-electron chi connectivity index (χ3n) is 3.27. The Morgan fingerprint density at radius 1 is 1.15 bits per heavy atom. The molecule has 0 aliphatic carbocycles. The number of ether oxygens (including phenoxy) is 2. The van der Waals surface area contributed by atoms with Crippen LogP contribution < -0.4 is 0 Å². The molecule has 6 heteroatoms. The molecule has 0 rings (SSSR count). The van der Waals surface area contributed by atoms with Crippen molar-refractivity contribution in [3.05, 3.63) is 0 Å². The zero-order valence-corrected chi connectivity index (χ0v) is 14.7. The minimum Gasteiger partial charge on any atom is -0.379 e. The van der Waals surface area contributed by atoms with Crippen molar-refractivity contribution in [3.8, 4) is 0 Å². The molecule has 0 aromatic heterocycles.